The summed E-state index contributed by atoms with van der Waals surface area (Å²) >= 11 is 11.9. The van der Waals surface area contributed by atoms with Gasteiger partial charge in [-0.2, -0.15) is 0 Å². The molecule has 0 fully saturated rings. The number of rotatable bonds is 5. The number of carbonyl (C=O) groups excluding carboxylic acids is 1. The van der Waals surface area contributed by atoms with Gasteiger partial charge in [0.15, 0.2) is 6.10 Å². The Kier molecular flexibility index (Phi) is 5.16. The van der Waals surface area contributed by atoms with Crippen molar-refractivity contribution in [1.82, 2.24) is 20.2 Å². The second kappa shape index (κ2) is 7.50. The van der Waals surface area contributed by atoms with E-state index in [0.29, 0.717) is 21.5 Å². The zero-order chi connectivity index (χ0) is 17.8. The lowest BCUT2D eigenvalue weighted by Crippen LogP contribution is -2.30. The van der Waals surface area contributed by atoms with E-state index in [0.717, 1.165) is 5.69 Å². The molecule has 1 aromatic heterocycles. The number of nitrogens with one attached hydrogen (secondary N) is 1. The number of ether oxygens (including phenoxy) is 1. The minimum absolute atomic E-state index is 0.304. The van der Waals surface area contributed by atoms with Crippen LogP contribution in [0.25, 0.3) is 5.69 Å². The number of benzene rings is 2. The lowest BCUT2D eigenvalue weighted by Gasteiger charge is -2.16. The molecular weight excluding hydrogens is 365 g/mol. The van der Waals surface area contributed by atoms with Crippen LogP contribution in [0.2, 0.25) is 10.0 Å². The second-order valence-corrected chi connectivity index (χ2v) is 5.97. The van der Waals surface area contributed by atoms with Crippen LogP contribution in [0.3, 0.4) is 0 Å². The van der Waals surface area contributed by atoms with Gasteiger partial charge in [-0.05, 0) is 59.8 Å². The first-order valence-electron chi connectivity index (χ1n) is 7.29. The average Bonchev–Trinajstić information content (AvgIpc) is 3.12. The molecule has 0 aliphatic rings. The number of tetrazole rings is 1. The van der Waals surface area contributed by atoms with Crippen LogP contribution in [0.15, 0.2) is 48.8 Å². The Morgan fingerprint density at radius 1 is 1.20 bits per heavy atom. The summed E-state index contributed by atoms with van der Waals surface area (Å²) in [6.07, 6.45) is 0.747. The SMILES string of the molecule is CC(Oc1ccc(Cl)cc1Cl)C(=O)Nc1ccc(-n2cnnn2)cc1. The van der Waals surface area contributed by atoms with Crippen molar-refractivity contribution in [1.29, 1.82) is 0 Å². The highest BCUT2D eigenvalue weighted by Gasteiger charge is 2.16. The largest absolute Gasteiger partial charge is 0.479 e. The van der Waals surface area contributed by atoms with E-state index in [1.165, 1.54) is 11.0 Å². The van der Waals surface area contributed by atoms with E-state index in [1.54, 1.807) is 49.4 Å². The van der Waals surface area contributed by atoms with Crippen molar-refractivity contribution in [3.63, 3.8) is 0 Å². The van der Waals surface area contributed by atoms with Crippen LogP contribution in [0, 0.1) is 0 Å². The molecule has 3 aromatic rings. The molecule has 7 nitrogen and oxygen atoms in total. The molecule has 1 heterocycles. The Bertz CT molecular complexity index is 869. The molecule has 9 heteroatoms. The molecule has 0 saturated carbocycles. The number of carbonyl (C=O) groups is 1. The van der Waals surface area contributed by atoms with Gasteiger partial charge in [-0.15, -0.1) is 5.10 Å². The molecule has 25 heavy (non-hydrogen) atoms. The molecule has 2 aromatic carbocycles. The molecule has 0 bridgehead atoms. The van der Waals surface area contributed by atoms with E-state index in [-0.39, 0.29) is 5.91 Å². The molecule has 0 radical (unpaired) electrons. The van der Waals surface area contributed by atoms with Crippen LogP contribution in [0.5, 0.6) is 5.75 Å². The summed E-state index contributed by atoms with van der Waals surface area (Å²) in [6, 6.07) is 11.9. The third-order valence-corrected chi connectivity index (χ3v) is 3.85. The molecule has 1 N–H and O–H groups in total. The zero-order valence-corrected chi connectivity index (χ0v) is 14.6. The summed E-state index contributed by atoms with van der Waals surface area (Å²) < 4.78 is 7.10. The summed E-state index contributed by atoms with van der Waals surface area (Å²) in [5, 5.41) is 14.6. The maximum Gasteiger partial charge on any atom is 0.265 e. The number of anilines is 1. The fourth-order valence-corrected chi connectivity index (χ4v) is 2.49. The number of hydrogen-bond donors (Lipinski definition) is 1. The Balaban J connectivity index is 1.63. The van der Waals surface area contributed by atoms with Gasteiger partial charge >= 0.3 is 0 Å². The normalized spacial score (nSPS) is 11.8. The highest BCUT2D eigenvalue weighted by molar-refractivity contribution is 6.35. The van der Waals surface area contributed by atoms with Gasteiger partial charge in [0.05, 0.1) is 10.7 Å². The summed E-state index contributed by atoms with van der Waals surface area (Å²) in [7, 11) is 0. The van der Waals surface area contributed by atoms with Crippen LogP contribution in [0.4, 0.5) is 5.69 Å². The third kappa shape index (κ3) is 4.26. The van der Waals surface area contributed by atoms with Crippen LogP contribution < -0.4 is 10.1 Å². The van der Waals surface area contributed by atoms with E-state index in [2.05, 4.69) is 20.8 Å². The van der Waals surface area contributed by atoms with Gasteiger partial charge in [0, 0.05) is 10.7 Å². The monoisotopic (exact) mass is 377 g/mol. The second-order valence-electron chi connectivity index (χ2n) is 5.13. The minimum atomic E-state index is -0.738. The van der Waals surface area contributed by atoms with Gasteiger partial charge in [-0.25, -0.2) is 4.68 Å². The van der Waals surface area contributed by atoms with Crippen molar-refractivity contribution in [3.05, 3.63) is 58.8 Å². The van der Waals surface area contributed by atoms with Gasteiger partial charge in [0.2, 0.25) is 0 Å². The van der Waals surface area contributed by atoms with Crippen LogP contribution >= 0.6 is 23.2 Å². The topological polar surface area (TPSA) is 81.9 Å². The van der Waals surface area contributed by atoms with E-state index in [9.17, 15) is 4.79 Å². The number of aromatic nitrogens is 4. The van der Waals surface area contributed by atoms with Crippen LogP contribution in [-0.2, 0) is 4.79 Å². The first-order valence-corrected chi connectivity index (χ1v) is 8.04. The Morgan fingerprint density at radius 2 is 1.96 bits per heavy atom. The standard InChI is InChI=1S/C16H13Cl2N5O2/c1-10(25-15-7-2-11(17)8-14(15)18)16(24)20-12-3-5-13(6-4-12)23-9-19-21-22-23/h2-10H,1H3,(H,20,24). The molecular formula is C16H13Cl2N5O2. The first-order chi connectivity index (χ1) is 12.0. The third-order valence-electron chi connectivity index (χ3n) is 3.32. The lowest BCUT2D eigenvalue weighted by atomic mass is 10.2. The van der Waals surface area contributed by atoms with Crippen molar-refractivity contribution in [2.75, 3.05) is 5.32 Å². The lowest BCUT2D eigenvalue weighted by molar-refractivity contribution is -0.122. The molecule has 0 saturated heterocycles. The summed E-state index contributed by atoms with van der Waals surface area (Å²) in [4.78, 5) is 12.3. The van der Waals surface area contributed by atoms with Crippen molar-refractivity contribution in [2.24, 2.45) is 0 Å². The molecule has 0 aliphatic carbocycles. The number of hydrogen-bond acceptors (Lipinski definition) is 5. The number of nitrogens with zero attached hydrogens (tertiary/aromatic N) is 4. The van der Waals surface area contributed by atoms with Gasteiger partial charge in [0.25, 0.3) is 5.91 Å². The predicted octanol–water partition coefficient (Wildman–Crippen LogP) is 3.38. The Morgan fingerprint density at radius 3 is 2.60 bits per heavy atom. The summed E-state index contributed by atoms with van der Waals surface area (Å²) in [5.41, 5.74) is 1.40. The molecule has 128 valence electrons. The van der Waals surface area contributed by atoms with Crippen LogP contribution in [0.1, 0.15) is 6.92 Å². The number of halogens is 2. The van der Waals surface area contributed by atoms with Crippen molar-refractivity contribution >= 4 is 34.8 Å². The summed E-state index contributed by atoms with van der Waals surface area (Å²) in [5.74, 6) is 0.0870. The smallest absolute Gasteiger partial charge is 0.265 e. The van der Waals surface area contributed by atoms with Crippen LogP contribution in [-0.4, -0.2) is 32.2 Å². The van der Waals surface area contributed by atoms with Crippen molar-refractivity contribution in [3.8, 4) is 11.4 Å². The molecule has 1 atom stereocenters. The van der Waals surface area contributed by atoms with E-state index in [1.807, 2.05) is 0 Å². The summed E-state index contributed by atoms with van der Waals surface area (Å²) in [6.45, 7) is 1.63. The van der Waals surface area contributed by atoms with Gasteiger partial charge in [-0.3, -0.25) is 4.79 Å². The fourth-order valence-electron chi connectivity index (χ4n) is 2.04. The van der Waals surface area contributed by atoms with Gasteiger partial charge in [0.1, 0.15) is 12.1 Å². The zero-order valence-electron chi connectivity index (χ0n) is 13.1. The molecule has 0 aliphatic heterocycles. The minimum Gasteiger partial charge on any atom is -0.479 e. The maximum atomic E-state index is 12.3. The van der Waals surface area contributed by atoms with E-state index in [4.69, 9.17) is 27.9 Å². The Hall–Kier alpha value is -2.64. The number of amides is 1. The fraction of sp³-hybridized carbons (Fsp3) is 0.125. The van der Waals surface area contributed by atoms with Crippen molar-refractivity contribution < 1.29 is 9.53 Å². The van der Waals surface area contributed by atoms with Gasteiger partial charge in [-0.1, -0.05) is 23.2 Å². The van der Waals surface area contributed by atoms with E-state index < -0.39 is 6.10 Å². The maximum absolute atomic E-state index is 12.3. The highest BCUT2D eigenvalue weighted by Crippen LogP contribution is 2.28. The molecule has 0 spiro atoms. The molecule has 1 amide bonds. The average molecular weight is 378 g/mol. The molecule has 1 unspecified atom stereocenters. The van der Waals surface area contributed by atoms with Crippen molar-refractivity contribution in [2.45, 2.75) is 13.0 Å². The Labute approximate surface area is 153 Å². The quantitative estimate of drug-likeness (QED) is 0.736. The predicted molar refractivity (Wildman–Crippen MR) is 94.3 cm³/mol. The first kappa shape index (κ1) is 17.2. The highest BCUT2D eigenvalue weighted by atomic mass is 35.5. The molecule has 3 rings (SSSR count). The van der Waals surface area contributed by atoms with Gasteiger partial charge < -0.3 is 10.1 Å². The van der Waals surface area contributed by atoms with E-state index >= 15 is 0 Å².